The van der Waals surface area contributed by atoms with Crippen LogP contribution >= 0.6 is 0 Å². The highest BCUT2D eigenvalue weighted by atomic mass is 32.2. The van der Waals surface area contributed by atoms with Crippen molar-refractivity contribution in [1.82, 2.24) is 19.8 Å². The molecule has 0 spiro atoms. The highest BCUT2D eigenvalue weighted by Crippen LogP contribution is 2.26. The van der Waals surface area contributed by atoms with Gasteiger partial charge >= 0.3 is 6.09 Å². The smallest absolute Gasteiger partial charge is 0.405 e. The van der Waals surface area contributed by atoms with Gasteiger partial charge in [0.1, 0.15) is 5.54 Å². The van der Waals surface area contributed by atoms with Gasteiger partial charge in [0.05, 0.1) is 16.9 Å². The lowest BCUT2D eigenvalue weighted by molar-refractivity contribution is -0.131. The predicted octanol–water partition coefficient (Wildman–Crippen LogP) is 1.83. The van der Waals surface area contributed by atoms with Crippen molar-refractivity contribution in [2.45, 2.75) is 29.2 Å². The van der Waals surface area contributed by atoms with E-state index in [-0.39, 0.29) is 37.5 Å². The summed E-state index contributed by atoms with van der Waals surface area (Å²) in [6.45, 7) is 2.89. The highest BCUT2D eigenvalue weighted by Gasteiger charge is 2.41. The summed E-state index contributed by atoms with van der Waals surface area (Å²) in [4.78, 5) is 26.5. The lowest BCUT2D eigenvalue weighted by Gasteiger charge is -2.35. The zero-order valence-corrected chi connectivity index (χ0v) is 22.6. The van der Waals surface area contributed by atoms with Crippen LogP contribution in [0, 0.1) is 11.3 Å². The summed E-state index contributed by atoms with van der Waals surface area (Å²) in [7, 11) is -1.57. The molecule has 2 aromatic carbocycles. The first-order chi connectivity index (χ1) is 18.6. The predicted molar refractivity (Wildman–Crippen MR) is 143 cm³/mol. The number of sulfonamides is 1. The van der Waals surface area contributed by atoms with Crippen LogP contribution < -0.4 is 10.6 Å². The lowest BCUT2D eigenvalue weighted by Crippen LogP contribution is -2.61. The number of ether oxygens (including phenoxy) is 1. The van der Waals surface area contributed by atoms with E-state index in [1.165, 1.54) is 4.31 Å². The van der Waals surface area contributed by atoms with E-state index in [2.05, 4.69) is 21.6 Å². The van der Waals surface area contributed by atoms with Crippen molar-refractivity contribution in [1.29, 1.82) is 5.26 Å². The molecular weight excluding hydrogens is 522 g/mol. The maximum absolute atomic E-state index is 13.0. The number of hydrogen-bond donors (Lipinski definition) is 3. The number of benzene rings is 2. The molecule has 208 valence electrons. The second-order valence-electron chi connectivity index (χ2n) is 9.87. The summed E-state index contributed by atoms with van der Waals surface area (Å²) in [5.74, 6) is -1.11. The molecule has 0 bridgehead atoms. The summed E-state index contributed by atoms with van der Waals surface area (Å²) in [6, 6.07) is 16.2. The summed E-state index contributed by atoms with van der Waals surface area (Å²) >= 11 is 0. The van der Waals surface area contributed by atoms with Crippen LogP contribution in [0.1, 0.15) is 24.3 Å². The Hall–Kier alpha value is -3.50. The first kappa shape index (κ1) is 28.5. The van der Waals surface area contributed by atoms with Crippen LogP contribution in [-0.4, -0.2) is 93.3 Å². The number of carbonyl (C=O) groups excluding carboxylic acids is 1. The number of piperazine rings is 1. The van der Waals surface area contributed by atoms with Gasteiger partial charge in [-0.1, -0.05) is 36.4 Å². The Balaban J connectivity index is 1.40. The van der Waals surface area contributed by atoms with Crippen molar-refractivity contribution in [3.8, 4) is 17.2 Å². The van der Waals surface area contributed by atoms with Crippen LogP contribution in [0.3, 0.4) is 0 Å². The number of nitriles is 1. The van der Waals surface area contributed by atoms with Gasteiger partial charge < -0.3 is 25.4 Å². The van der Waals surface area contributed by atoms with Gasteiger partial charge in [-0.3, -0.25) is 4.79 Å². The molecule has 3 N–H and O–H groups in total. The monoisotopic (exact) mass is 555 g/mol. The standard InChI is InChI=1S/C27H33N5O6S/c1-31-12-14-32(15-13-31)39(36,37)24-8-6-21(7-9-24)20-2-4-22(5-3-20)23(18-28)19-29-25(33)27(30-26(34)35)10-16-38-17-11-27/h2-9,23,30H,10-17,19H2,1H3,(H,29,33)(H,34,35). The molecule has 1 atom stereocenters. The van der Waals surface area contributed by atoms with Crippen LogP contribution in [0.15, 0.2) is 53.4 Å². The van der Waals surface area contributed by atoms with Gasteiger partial charge in [0.15, 0.2) is 0 Å². The SMILES string of the molecule is CN1CCN(S(=O)(=O)c2ccc(-c3ccc(C(C#N)CNC(=O)C4(NC(=O)O)CCOCC4)cc3)cc2)CC1. The number of carboxylic acid groups (broad SMARTS) is 1. The van der Waals surface area contributed by atoms with Crippen molar-refractivity contribution in [3.05, 3.63) is 54.1 Å². The summed E-state index contributed by atoms with van der Waals surface area (Å²) < 4.78 is 32.8. The average molecular weight is 556 g/mol. The number of amides is 2. The van der Waals surface area contributed by atoms with Gasteiger partial charge in [-0.2, -0.15) is 9.57 Å². The minimum atomic E-state index is -3.55. The Labute approximate surface area is 228 Å². The highest BCUT2D eigenvalue weighted by molar-refractivity contribution is 7.89. The van der Waals surface area contributed by atoms with Crippen LogP contribution in [0.2, 0.25) is 0 Å². The van der Waals surface area contributed by atoms with Gasteiger partial charge in [0, 0.05) is 58.8 Å². The van der Waals surface area contributed by atoms with Crippen molar-refractivity contribution in [3.63, 3.8) is 0 Å². The van der Waals surface area contributed by atoms with E-state index in [0.717, 1.165) is 11.1 Å². The van der Waals surface area contributed by atoms with Crippen LogP contribution in [-0.2, 0) is 19.6 Å². The molecule has 0 saturated carbocycles. The van der Waals surface area contributed by atoms with E-state index in [4.69, 9.17) is 4.74 Å². The third-order valence-electron chi connectivity index (χ3n) is 7.35. The number of rotatable bonds is 8. The molecule has 11 nitrogen and oxygen atoms in total. The third-order valence-corrected chi connectivity index (χ3v) is 9.26. The van der Waals surface area contributed by atoms with Crippen LogP contribution in [0.4, 0.5) is 4.79 Å². The lowest BCUT2D eigenvalue weighted by atomic mass is 9.88. The van der Waals surface area contributed by atoms with Crippen molar-refractivity contribution in [2.24, 2.45) is 0 Å². The van der Waals surface area contributed by atoms with E-state index >= 15 is 0 Å². The molecule has 2 aromatic rings. The van der Waals surface area contributed by atoms with Crippen molar-refractivity contribution < 1.29 is 27.9 Å². The number of nitrogens with one attached hydrogen (secondary N) is 2. The number of nitrogens with zero attached hydrogens (tertiary/aromatic N) is 3. The Morgan fingerprint density at radius 3 is 2.13 bits per heavy atom. The largest absolute Gasteiger partial charge is 0.465 e. The second-order valence-corrected chi connectivity index (χ2v) is 11.8. The Kier molecular flexibility index (Phi) is 8.87. The minimum absolute atomic E-state index is 0.0252. The van der Waals surface area contributed by atoms with Gasteiger partial charge in [-0.25, -0.2) is 13.2 Å². The first-order valence-corrected chi connectivity index (χ1v) is 14.2. The van der Waals surface area contributed by atoms with Gasteiger partial charge in [-0.05, 0) is 35.9 Å². The van der Waals surface area contributed by atoms with E-state index in [1.54, 1.807) is 36.4 Å². The molecule has 2 saturated heterocycles. The molecule has 2 aliphatic heterocycles. The van der Waals surface area contributed by atoms with E-state index in [1.807, 2.05) is 19.2 Å². The van der Waals surface area contributed by atoms with Gasteiger partial charge in [0.2, 0.25) is 15.9 Å². The Bertz CT molecular complexity index is 1310. The molecule has 4 rings (SSSR count). The quantitative estimate of drug-likeness (QED) is 0.446. The fourth-order valence-electron chi connectivity index (χ4n) is 4.84. The summed E-state index contributed by atoms with van der Waals surface area (Å²) in [5, 5.41) is 24.0. The number of carbonyl (C=O) groups is 2. The van der Waals surface area contributed by atoms with Crippen LogP contribution in [0.5, 0.6) is 0 Å². The van der Waals surface area contributed by atoms with Crippen LogP contribution in [0.25, 0.3) is 11.1 Å². The van der Waals surface area contributed by atoms with E-state index in [0.29, 0.717) is 31.7 Å². The second kappa shape index (κ2) is 12.1. The fraction of sp³-hybridized carbons (Fsp3) is 0.444. The average Bonchev–Trinajstić information content (AvgIpc) is 2.94. The maximum Gasteiger partial charge on any atom is 0.405 e. The molecule has 1 unspecified atom stereocenters. The molecule has 39 heavy (non-hydrogen) atoms. The maximum atomic E-state index is 13.0. The molecule has 2 heterocycles. The van der Waals surface area contributed by atoms with E-state index in [9.17, 15) is 28.4 Å². The van der Waals surface area contributed by atoms with Gasteiger partial charge in [0.25, 0.3) is 0 Å². The molecule has 0 aliphatic carbocycles. The topological polar surface area (TPSA) is 152 Å². The Morgan fingerprint density at radius 1 is 1.03 bits per heavy atom. The van der Waals surface area contributed by atoms with Crippen molar-refractivity contribution >= 4 is 22.0 Å². The number of hydrogen-bond acceptors (Lipinski definition) is 7. The Morgan fingerprint density at radius 2 is 1.59 bits per heavy atom. The minimum Gasteiger partial charge on any atom is -0.465 e. The number of likely N-dealkylation sites (N-methyl/N-ethyl adjacent to an activating group) is 1. The van der Waals surface area contributed by atoms with E-state index < -0.39 is 33.5 Å². The third kappa shape index (κ3) is 6.57. The summed E-state index contributed by atoms with van der Waals surface area (Å²) in [5.41, 5.74) is 1.11. The fourth-order valence-corrected chi connectivity index (χ4v) is 6.26. The molecule has 2 amide bonds. The molecule has 12 heteroatoms. The molecule has 2 aliphatic rings. The zero-order valence-electron chi connectivity index (χ0n) is 21.8. The molecule has 2 fully saturated rings. The molecule has 0 aromatic heterocycles. The van der Waals surface area contributed by atoms with Gasteiger partial charge in [-0.15, -0.1) is 0 Å². The molecule has 0 radical (unpaired) electrons. The first-order valence-electron chi connectivity index (χ1n) is 12.8. The normalized spacial score (nSPS) is 19.0. The van der Waals surface area contributed by atoms with Crippen molar-refractivity contribution in [2.75, 3.05) is 53.0 Å². The summed E-state index contributed by atoms with van der Waals surface area (Å²) in [6.07, 6.45) is -0.858. The zero-order chi connectivity index (χ0) is 28.0. The molecular formula is C27H33N5O6S.